The first kappa shape index (κ1) is 13.8. The monoisotopic (exact) mass is 323 g/mol. The number of benzene rings is 1. The Hall–Kier alpha value is -0.640. The summed E-state index contributed by atoms with van der Waals surface area (Å²) in [6.07, 6.45) is 0. The van der Waals surface area contributed by atoms with Crippen LogP contribution in [0.3, 0.4) is 0 Å². The highest BCUT2D eigenvalue weighted by Gasteiger charge is 2.32. The summed E-state index contributed by atoms with van der Waals surface area (Å²) < 4.78 is 1.19. The average molecular weight is 324 g/mol. The van der Waals surface area contributed by atoms with Gasteiger partial charge in [0.25, 0.3) is 0 Å². The summed E-state index contributed by atoms with van der Waals surface area (Å²) in [5, 5.41) is 7.82. The van der Waals surface area contributed by atoms with Crippen molar-refractivity contribution in [3.8, 4) is 0 Å². The van der Waals surface area contributed by atoms with Crippen LogP contribution in [0.15, 0.2) is 45.6 Å². The zero-order chi connectivity index (χ0) is 13.2. The van der Waals surface area contributed by atoms with Gasteiger partial charge in [0.15, 0.2) is 0 Å². The van der Waals surface area contributed by atoms with Gasteiger partial charge in [-0.15, -0.1) is 0 Å². The first-order chi connectivity index (χ1) is 8.57. The predicted molar refractivity (Wildman–Crippen MR) is 83.3 cm³/mol. The first-order valence-corrected chi connectivity index (χ1v) is 7.75. The number of likely N-dealkylation sites (N-methyl/N-ethyl adjacent to an activating group) is 1. The third-order valence-corrected chi connectivity index (χ3v) is 5.23. The Morgan fingerprint density at radius 3 is 2.33 bits per heavy atom. The van der Waals surface area contributed by atoms with Crippen LogP contribution in [0.1, 0.15) is 31.0 Å². The highest BCUT2D eigenvalue weighted by molar-refractivity contribution is 9.10. The number of nitrogens with one attached hydrogen (secondary N) is 1. The molecule has 3 heteroatoms. The molecule has 2 rings (SSSR count). The van der Waals surface area contributed by atoms with E-state index < -0.39 is 0 Å². The SMILES string of the molecule is CNC(c1cscc1Br)C(C)(C)c1ccccc1. The van der Waals surface area contributed by atoms with Crippen molar-refractivity contribution >= 4 is 27.3 Å². The zero-order valence-electron chi connectivity index (χ0n) is 10.9. The van der Waals surface area contributed by atoms with Crippen molar-refractivity contribution in [2.75, 3.05) is 7.05 Å². The lowest BCUT2D eigenvalue weighted by Gasteiger charge is -2.35. The number of thiophene rings is 1. The van der Waals surface area contributed by atoms with E-state index in [0.717, 1.165) is 0 Å². The highest BCUT2D eigenvalue weighted by atomic mass is 79.9. The summed E-state index contributed by atoms with van der Waals surface area (Å²) >= 11 is 5.38. The molecule has 0 bridgehead atoms. The van der Waals surface area contributed by atoms with E-state index in [1.54, 1.807) is 11.3 Å². The molecule has 0 radical (unpaired) electrons. The van der Waals surface area contributed by atoms with Crippen molar-refractivity contribution in [2.24, 2.45) is 0 Å². The molecule has 0 fully saturated rings. The third-order valence-electron chi connectivity index (χ3n) is 3.48. The molecule has 0 amide bonds. The molecule has 0 saturated carbocycles. The maximum Gasteiger partial charge on any atom is 0.0429 e. The summed E-state index contributed by atoms with van der Waals surface area (Å²) in [6.45, 7) is 4.57. The second-order valence-electron chi connectivity index (χ2n) is 4.98. The molecule has 1 aromatic carbocycles. The van der Waals surface area contributed by atoms with Crippen LogP contribution in [0.4, 0.5) is 0 Å². The Bertz CT molecular complexity index is 504. The first-order valence-electron chi connectivity index (χ1n) is 6.01. The molecular weight excluding hydrogens is 306 g/mol. The van der Waals surface area contributed by atoms with Crippen LogP contribution in [0.2, 0.25) is 0 Å². The van der Waals surface area contributed by atoms with Gasteiger partial charge in [0.2, 0.25) is 0 Å². The van der Waals surface area contributed by atoms with Crippen LogP contribution in [0.5, 0.6) is 0 Å². The lowest BCUT2D eigenvalue weighted by molar-refractivity contribution is 0.368. The van der Waals surface area contributed by atoms with Gasteiger partial charge in [-0.05, 0) is 39.5 Å². The van der Waals surface area contributed by atoms with Crippen LogP contribution < -0.4 is 5.32 Å². The standard InChI is InChI=1S/C15H18BrNS/c1-15(2,11-7-5-4-6-8-11)14(17-3)12-9-18-10-13(12)16/h4-10,14,17H,1-3H3. The van der Waals surface area contributed by atoms with Gasteiger partial charge < -0.3 is 5.32 Å². The molecule has 18 heavy (non-hydrogen) atoms. The summed E-state index contributed by atoms with van der Waals surface area (Å²) in [4.78, 5) is 0. The minimum absolute atomic E-state index is 0.0413. The second kappa shape index (κ2) is 5.55. The summed E-state index contributed by atoms with van der Waals surface area (Å²) in [7, 11) is 2.03. The van der Waals surface area contributed by atoms with Gasteiger partial charge >= 0.3 is 0 Å². The van der Waals surface area contributed by atoms with Crippen molar-refractivity contribution in [1.29, 1.82) is 0 Å². The van der Waals surface area contributed by atoms with Crippen LogP contribution in [0.25, 0.3) is 0 Å². The van der Waals surface area contributed by atoms with Crippen LogP contribution in [0, 0.1) is 0 Å². The van der Waals surface area contributed by atoms with Crippen LogP contribution >= 0.6 is 27.3 Å². The molecular formula is C15H18BrNS. The maximum atomic E-state index is 3.64. The van der Waals surface area contributed by atoms with Crippen molar-refractivity contribution < 1.29 is 0 Å². The third kappa shape index (κ3) is 2.53. The van der Waals surface area contributed by atoms with Gasteiger partial charge in [0.1, 0.15) is 0 Å². The smallest absolute Gasteiger partial charge is 0.0429 e. The van der Waals surface area contributed by atoms with E-state index in [1.807, 2.05) is 7.05 Å². The number of halogens is 1. The molecule has 1 unspecified atom stereocenters. The van der Waals surface area contributed by atoms with Crippen molar-refractivity contribution in [1.82, 2.24) is 5.32 Å². The molecule has 1 atom stereocenters. The van der Waals surface area contributed by atoms with E-state index >= 15 is 0 Å². The molecule has 2 aromatic rings. The van der Waals surface area contributed by atoms with E-state index in [1.165, 1.54) is 15.6 Å². The lowest BCUT2D eigenvalue weighted by Crippen LogP contribution is -2.35. The van der Waals surface area contributed by atoms with Gasteiger partial charge in [0, 0.05) is 21.3 Å². The molecule has 0 aliphatic rings. The summed E-state index contributed by atoms with van der Waals surface area (Å²) in [6, 6.07) is 11.0. The van der Waals surface area contributed by atoms with Gasteiger partial charge in [-0.3, -0.25) is 0 Å². The quantitative estimate of drug-likeness (QED) is 0.856. The molecule has 1 aromatic heterocycles. The number of rotatable bonds is 4. The van der Waals surface area contributed by atoms with Crippen LogP contribution in [-0.4, -0.2) is 7.05 Å². The largest absolute Gasteiger partial charge is 0.312 e. The van der Waals surface area contributed by atoms with Gasteiger partial charge in [-0.25, -0.2) is 0 Å². The Kier molecular flexibility index (Phi) is 4.25. The van der Waals surface area contributed by atoms with E-state index in [2.05, 4.69) is 76.2 Å². The van der Waals surface area contributed by atoms with Crippen molar-refractivity contribution in [3.63, 3.8) is 0 Å². The maximum absolute atomic E-state index is 3.64. The van der Waals surface area contributed by atoms with Crippen molar-refractivity contribution in [3.05, 3.63) is 56.7 Å². The fraction of sp³-hybridized carbons (Fsp3) is 0.333. The summed E-state index contributed by atoms with van der Waals surface area (Å²) in [5.41, 5.74) is 2.72. The normalized spacial score (nSPS) is 13.6. The second-order valence-corrected chi connectivity index (χ2v) is 6.58. The Morgan fingerprint density at radius 1 is 1.17 bits per heavy atom. The fourth-order valence-corrected chi connectivity index (χ4v) is 3.99. The van der Waals surface area contributed by atoms with E-state index in [9.17, 15) is 0 Å². The van der Waals surface area contributed by atoms with Gasteiger partial charge in [-0.2, -0.15) is 11.3 Å². The van der Waals surface area contributed by atoms with E-state index in [-0.39, 0.29) is 5.41 Å². The molecule has 0 spiro atoms. The molecule has 96 valence electrons. The van der Waals surface area contributed by atoms with Crippen LogP contribution in [-0.2, 0) is 5.41 Å². The Labute approximate surface area is 121 Å². The minimum Gasteiger partial charge on any atom is -0.312 e. The van der Waals surface area contributed by atoms with Gasteiger partial charge in [0.05, 0.1) is 0 Å². The van der Waals surface area contributed by atoms with E-state index in [0.29, 0.717) is 6.04 Å². The Morgan fingerprint density at radius 2 is 1.83 bits per heavy atom. The van der Waals surface area contributed by atoms with Crippen molar-refractivity contribution in [2.45, 2.75) is 25.3 Å². The minimum atomic E-state index is 0.0413. The van der Waals surface area contributed by atoms with E-state index in [4.69, 9.17) is 0 Å². The topological polar surface area (TPSA) is 12.0 Å². The molecule has 1 heterocycles. The fourth-order valence-electron chi connectivity index (χ4n) is 2.44. The Balaban J connectivity index is 2.42. The number of hydrogen-bond acceptors (Lipinski definition) is 2. The zero-order valence-corrected chi connectivity index (χ0v) is 13.3. The highest BCUT2D eigenvalue weighted by Crippen LogP contribution is 2.40. The molecule has 0 aliphatic heterocycles. The average Bonchev–Trinajstić information content (AvgIpc) is 2.78. The molecule has 0 saturated heterocycles. The molecule has 0 aliphatic carbocycles. The molecule has 1 nitrogen and oxygen atoms in total. The summed E-state index contributed by atoms with van der Waals surface area (Å²) in [5.74, 6) is 0. The van der Waals surface area contributed by atoms with Gasteiger partial charge in [-0.1, -0.05) is 44.2 Å². The predicted octanol–water partition coefficient (Wildman–Crippen LogP) is 4.75. The number of hydrogen-bond donors (Lipinski definition) is 1. The lowest BCUT2D eigenvalue weighted by atomic mass is 9.75. The molecule has 1 N–H and O–H groups in total.